The van der Waals surface area contributed by atoms with Gasteiger partial charge in [0.05, 0.1) is 0 Å². The van der Waals surface area contributed by atoms with E-state index >= 15 is 0 Å². The van der Waals surface area contributed by atoms with Crippen LogP contribution in [0, 0.1) is 6.92 Å². The molecular formula is C15H18ClN3. The number of nitrogens with zero attached hydrogens (tertiary/aromatic N) is 3. The molecule has 0 bridgehead atoms. The third kappa shape index (κ3) is 2.40. The first-order valence-electron chi connectivity index (χ1n) is 6.63. The molecule has 3 nitrogen and oxygen atoms in total. The zero-order valence-corrected chi connectivity index (χ0v) is 12.1. The van der Waals surface area contributed by atoms with Crippen molar-refractivity contribution in [2.75, 3.05) is 20.1 Å². The molecule has 1 atom stereocenters. The maximum atomic E-state index is 6.03. The van der Waals surface area contributed by atoms with Gasteiger partial charge in [-0.15, -0.1) is 0 Å². The van der Waals surface area contributed by atoms with Crippen LogP contribution in [0.2, 0.25) is 5.02 Å². The van der Waals surface area contributed by atoms with E-state index < -0.39 is 0 Å². The molecule has 1 aromatic carbocycles. The highest BCUT2D eigenvalue weighted by Gasteiger charge is 2.23. The lowest BCUT2D eigenvalue weighted by Crippen LogP contribution is -2.16. The highest BCUT2D eigenvalue weighted by molar-refractivity contribution is 6.30. The van der Waals surface area contributed by atoms with E-state index in [1.54, 1.807) is 0 Å². The minimum atomic E-state index is 0.526. The molecule has 0 aliphatic carbocycles. The molecule has 100 valence electrons. The Balaban J connectivity index is 2.00. The van der Waals surface area contributed by atoms with Crippen LogP contribution in [0.15, 0.2) is 30.6 Å². The zero-order chi connectivity index (χ0) is 13.4. The Labute approximate surface area is 118 Å². The fourth-order valence-corrected chi connectivity index (χ4v) is 3.06. The number of likely N-dealkylation sites (N-methyl/N-ethyl adjacent to an activating group) is 1. The number of hydrogen-bond acceptors (Lipinski definition) is 2. The fraction of sp³-hybridized carbons (Fsp3) is 0.400. The fourth-order valence-electron chi connectivity index (χ4n) is 2.83. The normalized spacial score (nSPS) is 20.1. The van der Waals surface area contributed by atoms with Crippen molar-refractivity contribution < 1.29 is 0 Å². The smallest absolute Gasteiger partial charge is 0.140 e. The van der Waals surface area contributed by atoms with E-state index in [1.165, 1.54) is 17.5 Å². The number of benzene rings is 1. The van der Waals surface area contributed by atoms with Crippen LogP contribution in [-0.4, -0.2) is 34.6 Å². The lowest BCUT2D eigenvalue weighted by atomic mass is 10.1. The van der Waals surface area contributed by atoms with E-state index in [4.69, 9.17) is 11.6 Å². The molecule has 19 heavy (non-hydrogen) atoms. The Morgan fingerprint density at radius 3 is 2.89 bits per heavy atom. The van der Waals surface area contributed by atoms with Crippen molar-refractivity contribution in [1.29, 1.82) is 0 Å². The van der Waals surface area contributed by atoms with Gasteiger partial charge in [0, 0.05) is 35.6 Å². The van der Waals surface area contributed by atoms with Crippen molar-refractivity contribution >= 4 is 11.6 Å². The predicted molar refractivity (Wildman–Crippen MR) is 78.6 cm³/mol. The maximum absolute atomic E-state index is 6.03. The van der Waals surface area contributed by atoms with Gasteiger partial charge in [-0.25, -0.2) is 4.98 Å². The summed E-state index contributed by atoms with van der Waals surface area (Å²) in [5.74, 6) is 1.05. The van der Waals surface area contributed by atoms with Crippen LogP contribution < -0.4 is 0 Å². The largest absolute Gasteiger partial charge is 0.327 e. The minimum absolute atomic E-state index is 0.526. The van der Waals surface area contributed by atoms with Crippen molar-refractivity contribution in [3.8, 4) is 11.4 Å². The summed E-state index contributed by atoms with van der Waals surface area (Å²) >= 11 is 6.03. The Kier molecular flexibility index (Phi) is 3.33. The molecule has 0 amide bonds. The summed E-state index contributed by atoms with van der Waals surface area (Å²) < 4.78 is 2.31. The first kappa shape index (κ1) is 12.7. The van der Waals surface area contributed by atoms with Crippen molar-refractivity contribution in [1.82, 2.24) is 14.5 Å². The molecule has 0 spiro atoms. The van der Waals surface area contributed by atoms with Gasteiger partial charge < -0.3 is 9.47 Å². The summed E-state index contributed by atoms with van der Waals surface area (Å²) in [7, 11) is 2.17. The third-order valence-corrected chi connectivity index (χ3v) is 4.09. The summed E-state index contributed by atoms with van der Waals surface area (Å²) in [6.45, 7) is 4.33. The van der Waals surface area contributed by atoms with Crippen LogP contribution in [0.5, 0.6) is 0 Å². The first-order valence-corrected chi connectivity index (χ1v) is 7.01. The molecule has 4 heteroatoms. The number of halogens is 1. The maximum Gasteiger partial charge on any atom is 0.140 e. The topological polar surface area (TPSA) is 21.1 Å². The summed E-state index contributed by atoms with van der Waals surface area (Å²) in [6.07, 6.45) is 5.17. The SMILES string of the molecule is Cc1cc(Cl)ccc1-c1nccn1C1CCN(C)C1. The molecule has 1 aliphatic heterocycles. The molecule has 1 saturated heterocycles. The third-order valence-electron chi connectivity index (χ3n) is 3.86. The number of aromatic nitrogens is 2. The average Bonchev–Trinajstić information content (AvgIpc) is 2.97. The van der Waals surface area contributed by atoms with Gasteiger partial charge >= 0.3 is 0 Å². The molecule has 3 rings (SSSR count). The second-order valence-electron chi connectivity index (χ2n) is 5.32. The Bertz CT molecular complexity index is 591. The molecule has 1 fully saturated rings. The van der Waals surface area contributed by atoms with Gasteiger partial charge in [-0.2, -0.15) is 0 Å². The second-order valence-corrected chi connectivity index (χ2v) is 5.76. The van der Waals surface area contributed by atoms with Gasteiger partial charge in [-0.3, -0.25) is 0 Å². The number of imidazole rings is 1. The summed E-state index contributed by atoms with van der Waals surface area (Å²) in [4.78, 5) is 6.91. The van der Waals surface area contributed by atoms with Gasteiger partial charge in [0.15, 0.2) is 0 Å². The molecule has 1 unspecified atom stereocenters. The lowest BCUT2D eigenvalue weighted by Gasteiger charge is -2.16. The molecular weight excluding hydrogens is 258 g/mol. The molecule has 1 aromatic heterocycles. The van der Waals surface area contributed by atoms with E-state index in [1.807, 2.05) is 18.3 Å². The Morgan fingerprint density at radius 1 is 1.37 bits per heavy atom. The van der Waals surface area contributed by atoms with Crippen LogP contribution in [0.3, 0.4) is 0 Å². The molecule has 2 aromatic rings. The number of aryl methyl sites for hydroxylation is 1. The Morgan fingerprint density at radius 2 is 2.21 bits per heavy atom. The monoisotopic (exact) mass is 275 g/mol. The first-order chi connectivity index (χ1) is 9.15. The van der Waals surface area contributed by atoms with E-state index in [9.17, 15) is 0 Å². The van der Waals surface area contributed by atoms with Crippen LogP contribution in [-0.2, 0) is 0 Å². The van der Waals surface area contributed by atoms with Crippen LogP contribution in [0.1, 0.15) is 18.0 Å². The second kappa shape index (κ2) is 4.99. The summed E-state index contributed by atoms with van der Waals surface area (Å²) in [6, 6.07) is 6.52. The van der Waals surface area contributed by atoms with Gasteiger partial charge in [-0.05, 0) is 50.7 Å². The van der Waals surface area contributed by atoms with Gasteiger partial charge in [0.1, 0.15) is 5.82 Å². The quantitative estimate of drug-likeness (QED) is 0.838. The van der Waals surface area contributed by atoms with E-state index in [-0.39, 0.29) is 0 Å². The molecule has 0 radical (unpaired) electrons. The molecule has 0 saturated carbocycles. The van der Waals surface area contributed by atoms with Crippen molar-refractivity contribution in [3.05, 3.63) is 41.2 Å². The standard InChI is InChI=1S/C15H18ClN3/c1-11-9-12(16)3-4-14(11)15-17-6-8-19(15)13-5-7-18(2)10-13/h3-4,6,8-9,13H,5,7,10H2,1-2H3. The number of rotatable bonds is 2. The molecule has 0 N–H and O–H groups in total. The van der Waals surface area contributed by atoms with E-state index in [2.05, 4.69) is 40.7 Å². The van der Waals surface area contributed by atoms with Gasteiger partial charge in [0.2, 0.25) is 0 Å². The van der Waals surface area contributed by atoms with Gasteiger partial charge in [0.25, 0.3) is 0 Å². The lowest BCUT2D eigenvalue weighted by molar-refractivity contribution is 0.393. The average molecular weight is 276 g/mol. The van der Waals surface area contributed by atoms with Crippen LogP contribution >= 0.6 is 11.6 Å². The number of hydrogen-bond donors (Lipinski definition) is 0. The highest BCUT2D eigenvalue weighted by Crippen LogP contribution is 2.29. The van der Waals surface area contributed by atoms with Crippen molar-refractivity contribution in [2.24, 2.45) is 0 Å². The minimum Gasteiger partial charge on any atom is -0.327 e. The summed E-state index contributed by atoms with van der Waals surface area (Å²) in [5, 5.41) is 0.778. The highest BCUT2D eigenvalue weighted by atomic mass is 35.5. The van der Waals surface area contributed by atoms with Crippen LogP contribution in [0.25, 0.3) is 11.4 Å². The van der Waals surface area contributed by atoms with Crippen molar-refractivity contribution in [3.63, 3.8) is 0 Å². The van der Waals surface area contributed by atoms with Crippen LogP contribution in [0.4, 0.5) is 0 Å². The molecule has 2 heterocycles. The molecule has 1 aliphatic rings. The zero-order valence-electron chi connectivity index (χ0n) is 11.3. The summed E-state index contributed by atoms with van der Waals surface area (Å²) in [5.41, 5.74) is 2.34. The predicted octanol–water partition coefficient (Wildman–Crippen LogP) is 3.39. The Hall–Kier alpha value is -1.32. The van der Waals surface area contributed by atoms with E-state index in [0.717, 1.165) is 23.9 Å². The number of likely N-dealkylation sites (tertiary alicyclic amines) is 1. The van der Waals surface area contributed by atoms with Gasteiger partial charge in [-0.1, -0.05) is 11.6 Å². The van der Waals surface area contributed by atoms with E-state index in [0.29, 0.717) is 6.04 Å². The van der Waals surface area contributed by atoms with Crippen molar-refractivity contribution in [2.45, 2.75) is 19.4 Å².